The van der Waals surface area contributed by atoms with E-state index in [1.54, 1.807) is 6.92 Å². The van der Waals surface area contributed by atoms with Gasteiger partial charge in [0.25, 0.3) is 0 Å². The molecule has 0 aromatic heterocycles. The third kappa shape index (κ3) is 11.2. The minimum absolute atomic E-state index is 0.176. The standard InChI is InChI=1S/C5H10N2O2.2C4H6O2/c1-4(8)7-3-2-6-5(7)9;2*1-3(2)4(5)6/h4,8H,2-3H2,1H3,(H,6,9);2*1H2,2H3,(H,5,6). The number of aliphatic hydroxyl groups is 1. The van der Waals surface area contributed by atoms with Crippen molar-refractivity contribution < 1.29 is 29.7 Å². The number of carbonyl (C=O) groups is 3. The molecular formula is C13H22N2O6. The van der Waals surface area contributed by atoms with Crippen molar-refractivity contribution in [3.8, 4) is 0 Å². The smallest absolute Gasteiger partial charge is 0.330 e. The number of rotatable bonds is 3. The Balaban J connectivity index is 0. The van der Waals surface area contributed by atoms with Crippen molar-refractivity contribution in [1.29, 1.82) is 0 Å². The third-order valence-corrected chi connectivity index (χ3v) is 2.07. The van der Waals surface area contributed by atoms with E-state index in [0.717, 1.165) is 0 Å². The summed E-state index contributed by atoms with van der Waals surface area (Å²) in [6.07, 6.45) is -0.660. The van der Waals surface area contributed by atoms with Gasteiger partial charge in [0.05, 0.1) is 0 Å². The second-order valence-electron chi connectivity index (χ2n) is 4.23. The van der Waals surface area contributed by atoms with Gasteiger partial charge in [0.1, 0.15) is 6.23 Å². The molecule has 1 atom stereocenters. The Morgan fingerprint density at radius 1 is 1.19 bits per heavy atom. The van der Waals surface area contributed by atoms with Gasteiger partial charge in [-0.3, -0.25) is 4.90 Å². The monoisotopic (exact) mass is 302 g/mol. The topological polar surface area (TPSA) is 127 Å². The van der Waals surface area contributed by atoms with Crippen molar-refractivity contribution in [2.24, 2.45) is 0 Å². The van der Waals surface area contributed by atoms with Gasteiger partial charge in [-0.1, -0.05) is 13.2 Å². The lowest BCUT2D eigenvalue weighted by atomic mass is 10.4. The highest BCUT2D eigenvalue weighted by molar-refractivity contribution is 5.85. The van der Waals surface area contributed by atoms with E-state index in [-0.39, 0.29) is 17.2 Å². The number of hydrogen-bond donors (Lipinski definition) is 4. The lowest BCUT2D eigenvalue weighted by Crippen LogP contribution is -2.35. The molecule has 0 spiro atoms. The van der Waals surface area contributed by atoms with E-state index in [0.29, 0.717) is 13.1 Å². The van der Waals surface area contributed by atoms with Crippen LogP contribution in [0.2, 0.25) is 0 Å². The summed E-state index contributed by atoms with van der Waals surface area (Å²) in [5.41, 5.74) is 0.352. The molecule has 2 amide bonds. The van der Waals surface area contributed by atoms with Gasteiger partial charge in [-0.15, -0.1) is 0 Å². The minimum atomic E-state index is -0.935. The van der Waals surface area contributed by atoms with Crippen molar-refractivity contribution in [2.75, 3.05) is 13.1 Å². The van der Waals surface area contributed by atoms with E-state index in [1.165, 1.54) is 18.7 Å². The van der Waals surface area contributed by atoms with Gasteiger partial charge in [-0.05, 0) is 20.8 Å². The van der Waals surface area contributed by atoms with Crippen LogP contribution >= 0.6 is 0 Å². The predicted octanol–water partition coefficient (Wildman–Crippen LogP) is 0.644. The number of nitrogens with one attached hydrogen (secondary N) is 1. The summed E-state index contributed by atoms with van der Waals surface area (Å²) in [5, 5.41) is 27.2. The highest BCUT2D eigenvalue weighted by Gasteiger charge is 2.22. The maximum absolute atomic E-state index is 10.7. The Morgan fingerprint density at radius 2 is 1.52 bits per heavy atom. The molecule has 1 heterocycles. The van der Waals surface area contributed by atoms with Crippen LogP contribution in [0, 0.1) is 0 Å². The Morgan fingerprint density at radius 3 is 1.62 bits per heavy atom. The van der Waals surface area contributed by atoms with E-state index >= 15 is 0 Å². The maximum atomic E-state index is 10.7. The van der Waals surface area contributed by atoms with Gasteiger partial charge in [-0.25, -0.2) is 14.4 Å². The fraction of sp³-hybridized carbons (Fsp3) is 0.462. The molecule has 8 heteroatoms. The molecule has 1 aliphatic rings. The zero-order valence-electron chi connectivity index (χ0n) is 12.4. The quantitative estimate of drug-likeness (QED) is 0.567. The second kappa shape index (κ2) is 10.4. The third-order valence-electron chi connectivity index (χ3n) is 2.07. The van der Waals surface area contributed by atoms with Crippen LogP contribution in [0.1, 0.15) is 20.8 Å². The Bertz CT molecular complexity index is 369. The van der Waals surface area contributed by atoms with Crippen LogP contribution in [0.3, 0.4) is 0 Å². The molecule has 0 aromatic carbocycles. The molecule has 21 heavy (non-hydrogen) atoms. The zero-order valence-corrected chi connectivity index (χ0v) is 12.4. The number of urea groups is 1. The first-order valence-electron chi connectivity index (χ1n) is 6.00. The molecule has 1 unspecified atom stereocenters. The van der Waals surface area contributed by atoms with Crippen LogP contribution < -0.4 is 5.32 Å². The van der Waals surface area contributed by atoms with Gasteiger partial charge in [0, 0.05) is 24.2 Å². The van der Waals surface area contributed by atoms with Crippen molar-refractivity contribution in [2.45, 2.75) is 27.0 Å². The number of hydrogen-bond acceptors (Lipinski definition) is 4. The van der Waals surface area contributed by atoms with Crippen LogP contribution in [0.5, 0.6) is 0 Å². The maximum Gasteiger partial charge on any atom is 0.330 e. The first-order valence-corrected chi connectivity index (χ1v) is 6.00. The number of carboxylic acids is 2. The molecule has 1 fully saturated rings. The molecule has 8 nitrogen and oxygen atoms in total. The van der Waals surface area contributed by atoms with Crippen molar-refractivity contribution >= 4 is 18.0 Å². The normalized spacial score (nSPS) is 13.7. The van der Waals surface area contributed by atoms with E-state index in [9.17, 15) is 14.4 Å². The van der Waals surface area contributed by atoms with Crippen LogP contribution in [0.4, 0.5) is 4.79 Å². The average molecular weight is 302 g/mol. The number of nitrogens with zero attached hydrogens (tertiary/aromatic N) is 1. The highest BCUT2D eigenvalue weighted by Crippen LogP contribution is 1.99. The summed E-state index contributed by atoms with van der Waals surface area (Å²) in [5.74, 6) is -1.87. The summed E-state index contributed by atoms with van der Waals surface area (Å²) in [6.45, 7) is 12.0. The first-order chi connectivity index (χ1) is 9.50. The molecular weight excluding hydrogens is 280 g/mol. The molecule has 4 N–H and O–H groups in total. The molecule has 120 valence electrons. The van der Waals surface area contributed by atoms with Crippen LogP contribution in [0.15, 0.2) is 24.3 Å². The SMILES string of the molecule is C=C(C)C(=O)O.C=C(C)C(=O)O.CC(O)N1CCNC1=O. The zero-order chi connectivity index (χ0) is 17.2. The van der Waals surface area contributed by atoms with Gasteiger partial charge in [0.2, 0.25) is 0 Å². The summed E-state index contributed by atoms with van der Waals surface area (Å²) in [6, 6.07) is -0.176. The molecule has 0 bridgehead atoms. The van der Waals surface area contributed by atoms with Crippen molar-refractivity contribution in [1.82, 2.24) is 10.2 Å². The number of aliphatic hydroxyl groups excluding tert-OH is 1. The van der Waals surface area contributed by atoms with Crippen LogP contribution in [-0.2, 0) is 9.59 Å². The molecule has 0 aliphatic carbocycles. The molecule has 1 rings (SSSR count). The van der Waals surface area contributed by atoms with Gasteiger partial charge < -0.3 is 20.6 Å². The van der Waals surface area contributed by atoms with E-state index < -0.39 is 18.2 Å². The number of carbonyl (C=O) groups excluding carboxylic acids is 1. The minimum Gasteiger partial charge on any atom is -0.478 e. The lowest BCUT2D eigenvalue weighted by molar-refractivity contribution is -0.133. The van der Waals surface area contributed by atoms with E-state index in [2.05, 4.69) is 18.5 Å². The van der Waals surface area contributed by atoms with E-state index in [1.807, 2.05) is 0 Å². The summed E-state index contributed by atoms with van der Waals surface area (Å²) in [7, 11) is 0. The highest BCUT2D eigenvalue weighted by atomic mass is 16.4. The first kappa shape index (κ1) is 21.0. The molecule has 0 saturated carbocycles. The van der Waals surface area contributed by atoms with E-state index in [4.69, 9.17) is 15.3 Å². The predicted molar refractivity (Wildman–Crippen MR) is 76.7 cm³/mol. The fourth-order valence-electron chi connectivity index (χ4n) is 0.843. The second-order valence-corrected chi connectivity index (χ2v) is 4.23. The number of aliphatic carboxylic acids is 2. The average Bonchev–Trinajstić information content (AvgIpc) is 2.76. The summed E-state index contributed by atoms with van der Waals surface area (Å²) in [4.78, 5) is 31.2. The van der Waals surface area contributed by atoms with Crippen molar-refractivity contribution in [3.05, 3.63) is 24.3 Å². The Hall–Kier alpha value is -2.35. The lowest BCUT2D eigenvalue weighted by Gasteiger charge is -2.16. The van der Waals surface area contributed by atoms with Gasteiger partial charge in [0.15, 0.2) is 0 Å². The van der Waals surface area contributed by atoms with Crippen LogP contribution in [-0.4, -0.2) is 57.5 Å². The number of carboxylic acid groups (broad SMARTS) is 2. The molecule has 0 aromatic rings. The summed E-state index contributed by atoms with van der Waals surface area (Å²) >= 11 is 0. The summed E-state index contributed by atoms with van der Waals surface area (Å²) < 4.78 is 0. The Labute approximate surface area is 123 Å². The largest absolute Gasteiger partial charge is 0.478 e. The molecule has 1 aliphatic heterocycles. The number of amides is 2. The fourth-order valence-corrected chi connectivity index (χ4v) is 0.843. The van der Waals surface area contributed by atoms with Crippen LogP contribution in [0.25, 0.3) is 0 Å². The molecule has 1 saturated heterocycles. The van der Waals surface area contributed by atoms with Gasteiger partial charge in [-0.2, -0.15) is 0 Å². The molecule has 0 radical (unpaired) electrons. The van der Waals surface area contributed by atoms with Gasteiger partial charge >= 0.3 is 18.0 Å². The Kier molecular flexibility index (Phi) is 10.4. The van der Waals surface area contributed by atoms with Crippen molar-refractivity contribution in [3.63, 3.8) is 0 Å².